The lowest BCUT2D eigenvalue weighted by atomic mass is 9.91. The van der Waals surface area contributed by atoms with Crippen LogP contribution in [-0.4, -0.2) is 24.4 Å². The lowest BCUT2D eigenvalue weighted by Crippen LogP contribution is -2.12. The Morgan fingerprint density at radius 1 is 1.15 bits per heavy atom. The molecule has 2 rings (SSSR count). The van der Waals surface area contributed by atoms with Crippen molar-refractivity contribution in [2.75, 3.05) is 20.0 Å². The number of methoxy groups -OCH3 is 2. The number of halogens is 1. The predicted octanol–water partition coefficient (Wildman–Crippen LogP) is 2.88. The molecule has 0 saturated heterocycles. The number of H-pyrrole nitrogens is 1. The Hall–Kier alpha value is -2.24. The summed E-state index contributed by atoms with van der Waals surface area (Å²) in [5.74, 6) is 1.36. The summed E-state index contributed by atoms with van der Waals surface area (Å²) in [6.45, 7) is 2.96. The van der Waals surface area contributed by atoms with Gasteiger partial charge in [-0.2, -0.15) is 5.10 Å². The largest absolute Gasteiger partial charge is 0.493 e. The van der Waals surface area contributed by atoms with Gasteiger partial charge in [-0.3, -0.25) is 5.10 Å². The van der Waals surface area contributed by atoms with E-state index in [0.717, 1.165) is 0 Å². The molecule has 0 aliphatic heterocycles. The average Bonchev–Trinajstić information content (AvgIpc) is 2.82. The van der Waals surface area contributed by atoms with E-state index < -0.39 is 5.67 Å². The highest BCUT2D eigenvalue weighted by Crippen LogP contribution is 2.42. The van der Waals surface area contributed by atoms with Crippen LogP contribution in [0.2, 0.25) is 0 Å². The van der Waals surface area contributed by atoms with Crippen molar-refractivity contribution >= 4 is 5.82 Å². The first-order valence-electron chi connectivity index (χ1n) is 6.13. The van der Waals surface area contributed by atoms with E-state index in [4.69, 9.17) is 15.2 Å². The molecule has 0 atom stereocenters. The molecule has 20 heavy (non-hydrogen) atoms. The Morgan fingerprint density at radius 3 is 2.20 bits per heavy atom. The van der Waals surface area contributed by atoms with E-state index in [1.54, 1.807) is 18.3 Å². The Balaban J connectivity index is 2.74. The van der Waals surface area contributed by atoms with Crippen LogP contribution in [0.3, 0.4) is 0 Å². The first kappa shape index (κ1) is 14.2. The van der Waals surface area contributed by atoms with Gasteiger partial charge in [-0.1, -0.05) is 0 Å². The molecule has 0 radical (unpaired) electrons. The summed E-state index contributed by atoms with van der Waals surface area (Å²) in [7, 11) is 3.04. The molecule has 5 nitrogen and oxygen atoms in total. The number of nitrogens with two attached hydrogens (primary N) is 1. The van der Waals surface area contributed by atoms with Crippen LogP contribution >= 0.6 is 0 Å². The van der Waals surface area contributed by atoms with Crippen LogP contribution < -0.4 is 15.2 Å². The van der Waals surface area contributed by atoms with Gasteiger partial charge in [0.05, 0.1) is 20.4 Å². The monoisotopic (exact) mass is 279 g/mol. The molecular weight excluding hydrogens is 261 g/mol. The maximum Gasteiger partial charge on any atom is 0.161 e. The van der Waals surface area contributed by atoms with Crippen molar-refractivity contribution in [2.24, 2.45) is 0 Å². The second-order valence-electron chi connectivity index (χ2n) is 4.92. The molecular formula is C14H18FN3O2. The number of aromatic amines is 1. The highest BCUT2D eigenvalue weighted by Gasteiger charge is 2.27. The quantitative estimate of drug-likeness (QED) is 0.902. The molecule has 1 aromatic heterocycles. The minimum Gasteiger partial charge on any atom is -0.493 e. The minimum absolute atomic E-state index is 0.378. The fourth-order valence-corrected chi connectivity index (χ4v) is 2.10. The molecule has 2 aromatic rings. The van der Waals surface area contributed by atoms with Crippen LogP contribution in [-0.2, 0) is 5.67 Å². The van der Waals surface area contributed by atoms with Crippen LogP contribution in [0.1, 0.15) is 19.4 Å². The normalized spacial score (nSPS) is 11.4. The maximum absolute atomic E-state index is 14.5. The number of ether oxygens (including phenoxy) is 2. The van der Waals surface area contributed by atoms with Gasteiger partial charge in [0.25, 0.3) is 0 Å². The van der Waals surface area contributed by atoms with Gasteiger partial charge in [-0.15, -0.1) is 0 Å². The predicted molar refractivity (Wildman–Crippen MR) is 75.7 cm³/mol. The number of hydrogen-bond acceptors (Lipinski definition) is 4. The van der Waals surface area contributed by atoms with Gasteiger partial charge in [0.2, 0.25) is 0 Å². The Morgan fingerprint density at radius 2 is 1.75 bits per heavy atom. The van der Waals surface area contributed by atoms with Crippen molar-refractivity contribution in [2.45, 2.75) is 19.5 Å². The van der Waals surface area contributed by atoms with E-state index >= 15 is 0 Å². The molecule has 0 aliphatic carbocycles. The van der Waals surface area contributed by atoms with Gasteiger partial charge in [0.1, 0.15) is 11.5 Å². The van der Waals surface area contributed by atoms with Crippen molar-refractivity contribution in [3.63, 3.8) is 0 Å². The van der Waals surface area contributed by atoms with Crippen LogP contribution in [0.5, 0.6) is 11.5 Å². The van der Waals surface area contributed by atoms with Gasteiger partial charge < -0.3 is 15.2 Å². The third kappa shape index (κ3) is 2.41. The van der Waals surface area contributed by atoms with Crippen LogP contribution in [0.4, 0.5) is 10.2 Å². The Labute approximate surface area is 116 Å². The highest BCUT2D eigenvalue weighted by molar-refractivity contribution is 5.78. The van der Waals surface area contributed by atoms with Gasteiger partial charge in [-0.25, -0.2) is 4.39 Å². The summed E-state index contributed by atoms with van der Waals surface area (Å²) >= 11 is 0. The summed E-state index contributed by atoms with van der Waals surface area (Å²) in [5, 5.41) is 6.52. The zero-order valence-electron chi connectivity index (χ0n) is 12.0. The summed E-state index contributed by atoms with van der Waals surface area (Å²) in [4.78, 5) is 0. The fraction of sp³-hybridized carbons (Fsp3) is 0.357. The number of nitrogens with zero attached hydrogens (tertiary/aromatic N) is 1. The lowest BCUT2D eigenvalue weighted by molar-refractivity contribution is 0.221. The molecule has 0 fully saturated rings. The summed E-state index contributed by atoms with van der Waals surface area (Å²) < 4.78 is 25.0. The third-order valence-electron chi connectivity index (χ3n) is 3.12. The van der Waals surface area contributed by atoms with Crippen LogP contribution in [0, 0.1) is 0 Å². The molecule has 1 heterocycles. The van der Waals surface area contributed by atoms with Gasteiger partial charge >= 0.3 is 0 Å². The molecule has 0 saturated carbocycles. The molecule has 0 amide bonds. The van der Waals surface area contributed by atoms with E-state index in [9.17, 15) is 4.39 Å². The number of rotatable bonds is 4. The number of anilines is 1. The van der Waals surface area contributed by atoms with Crippen molar-refractivity contribution in [3.05, 3.63) is 23.9 Å². The molecule has 0 unspecified atom stereocenters. The van der Waals surface area contributed by atoms with Crippen molar-refractivity contribution in [1.29, 1.82) is 0 Å². The number of benzene rings is 1. The zero-order valence-corrected chi connectivity index (χ0v) is 12.0. The number of alkyl halides is 1. The minimum atomic E-state index is -1.56. The molecule has 3 N–H and O–H groups in total. The average molecular weight is 279 g/mol. The molecule has 0 bridgehead atoms. The van der Waals surface area contributed by atoms with Gasteiger partial charge in [-0.05, 0) is 31.5 Å². The lowest BCUT2D eigenvalue weighted by Gasteiger charge is -2.21. The molecule has 0 aliphatic rings. The SMILES string of the molecule is COc1cc(-c2cn[nH]c2N)c(C(C)(C)F)cc1OC. The topological polar surface area (TPSA) is 73.2 Å². The third-order valence-corrected chi connectivity index (χ3v) is 3.12. The first-order valence-corrected chi connectivity index (χ1v) is 6.13. The number of hydrogen-bond donors (Lipinski definition) is 2. The van der Waals surface area contributed by atoms with E-state index in [1.165, 1.54) is 28.1 Å². The van der Waals surface area contributed by atoms with Gasteiger partial charge in [0.15, 0.2) is 11.5 Å². The van der Waals surface area contributed by atoms with Crippen molar-refractivity contribution in [3.8, 4) is 22.6 Å². The second-order valence-corrected chi connectivity index (χ2v) is 4.92. The van der Waals surface area contributed by atoms with Gasteiger partial charge in [0, 0.05) is 11.1 Å². The van der Waals surface area contributed by atoms with E-state index in [2.05, 4.69) is 10.2 Å². The van der Waals surface area contributed by atoms with Crippen molar-refractivity contribution in [1.82, 2.24) is 10.2 Å². The summed E-state index contributed by atoms with van der Waals surface area (Å²) in [6.07, 6.45) is 1.56. The number of aromatic nitrogens is 2. The standard InChI is InChI=1S/C14H18FN3O2/c1-14(2,15)10-6-12(20-4)11(19-3)5-8(10)9-7-17-18-13(9)16/h5-7H,1-4H3,(H3,16,17,18). The summed E-state index contributed by atoms with van der Waals surface area (Å²) in [5.41, 5.74) is 6.00. The van der Waals surface area contributed by atoms with Crippen LogP contribution in [0.15, 0.2) is 18.3 Å². The molecule has 6 heteroatoms. The molecule has 0 spiro atoms. The van der Waals surface area contributed by atoms with E-state index in [-0.39, 0.29) is 0 Å². The second kappa shape index (κ2) is 5.03. The highest BCUT2D eigenvalue weighted by atomic mass is 19.1. The first-order chi connectivity index (χ1) is 9.38. The number of nitrogen functional groups attached to an aromatic ring is 1. The van der Waals surface area contributed by atoms with E-state index in [0.29, 0.717) is 34.0 Å². The summed E-state index contributed by atoms with van der Waals surface area (Å²) in [6, 6.07) is 3.33. The molecule has 108 valence electrons. The van der Waals surface area contributed by atoms with E-state index in [1.807, 2.05) is 0 Å². The zero-order chi connectivity index (χ0) is 14.9. The number of nitrogens with one attached hydrogen (secondary N) is 1. The van der Waals surface area contributed by atoms with Crippen molar-refractivity contribution < 1.29 is 13.9 Å². The fourth-order valence-electron chi connectivity index (χ4n) is 2.10. The Kier molecular flexibility index (Phi) is 3.57. The van der Waals surface area contributed by atoms with Crippen LogP contribution in [0.25, 0.3) is 11.1 Å². The molecule has 1 aromatic carbocycles. The smallest absolute Gasteiger partial charge is 0.161 e. The Bertz CT molecular complexity index is 617. The maximum atomic E-state index is 14.5.